The van der Waals surface area contributed by atoms with E-state index in [9.17, 15) is 18.0 Å². The van der Waals surface area contributed by atoms with Crippen molar-refractivity contribution in [2.24, 2.45) is 5.14 Å². The van der Waals surface area contributed by atoms with Crippen LogP contribution in [0.25, 0.3) is 10.2 Å². The molecule has 2 aromatic heterocycles. The standard InChI is InChI=1S/C21H24N4O4S3/c1-12-13(2)31-19-18(12)20(27)25(15-5-3-4-6-15)21(24-19)30-11-17(26)23-14-7-9-16(10-8-14)32(22,28)29/h7-10,15H,3-6,11H2,1-2H3,(H,23,26)(H2,22,28,29). The van der Waals surface area contributed by atoms with Gasteiger partial charge in [0.25, 0.3) is 5.56 Å². The van der Waals surface area contributed by atoms with E-state index < -0.39 is 10.0 Å². The van der Waals surface area contributed by atoms with Gasteiger partial charge < -0.3 is 5.32 Å². The lowest BCUT2D eigenvalue weighted by Crippen LogP contribution is -2.27. The van der Waals surface area contributed by atoms with E-state index in [1.807, 2.05) is 13.8 Å². The van der Waals surface area contributed by atoms with E-state index in [2.05, 4.69) is 5.32 Å². The molecule has 11 heteroatoms. The number of fused-ring (bicyclic) bond motifs is 1. The first kappa shape index (κ1) is 23.0. The smallest absolute Gasteiger partial charge is 0.263 e. The van der Waals surface area contributed by atoms with E-state index in [1.165, 1.54) is 47.4 Å². The maximum atomic E-state index is 13.4. The summed E-state index contributed by atoms with van der Waals surface area (Å²) < 4.78 is 24.5. The Morgan fingerprint density at radius 3 is 2.53 bits per heavy atom. The Bertz CT molecular complexity index is 1340. The number of carbonyl (C=O) groups is 1. The van der Waals surface area contributed by atoms with Crippen LogP contribution in [-0.4, -0.2) is 29.6 Å². The van der Waals surface area contributed by atoms with Crippen LogP contribution >= 0.6 is 23.1 Å². The van der Waals surface area contributed by atoms with Gasteiger partial charge in [0.1, 0.15) is 4.83 Å². The van der Waals surface area contributed by atoms with E-state index in [0.29, 0.717) is 21.1 Å². The number of sulfonamides is 1. The second kappa shape index (κ2) is 8.97. The first-order valence-electron chi connectivity index (χ1n) is 10.2. The van der Waals surface area contributed by atoms with Gasteiger partial charge in [-0.25, -0.2) is 18.5 Å². The quantitative estimate of drug-likeness (QED) is 0.400. The number of thiophene rings is 1. The molecule has 0 radical (unpaired) electrons. The number of anilines is 1. The molecule has 8 nitrogen and oxygen atoms in total. The van der Waals surface area contributed by atoms with Crippen molar-refractivity contribution in [3.8, 4) is 0 Å². The molecule has 3 N–H and O–H groups in total. The molecule has 2 heterocycles. The van der Waals surface area contributed by atoms with E-state index in [0.717, 1.165) is 36.1 Å². The average Bonchev–Trinajstić information content (AvgIpc) is 3.35. The zero-order valence-electron chi connectivity index (χ0n) is 17.8. The summed E-state index contributed by atoms with van der Waals surface area (Å²) in [7, 11) is -3.79. The fraction of sp³-hybridized carbons (Fsp3) is 0.381. The van der Waals surface area contributed by atoms with Crippen LogP contribution in [0, 0.1) is 13.8 Å². The van der Waals surface area contributed by atoms with Gasteiger partial charge in [0.05, 0.1) is 16.0 Å². The predicted octanol–water partition coefficient (Wildman–Crippen LogP) is 3.57. The molecule has 1 aliphatic carbocycles. The van der Waals surface area contributed by atoms with Gasteiger partial charge in [-0.1, -0.05) is 24.6 Å². The third-order valence-electron chi connectivity index (χ3n) is 5.69. The molecule has 1 aliphatic rings. The molecular weight excluding hydrogens is 468 g/mol. The van der Waals surface area contributed by atoms with Crippen molar-refractivity contribution in [3.05, 3.63) is 45.1 Å². The summed E-state index contributed by atoms with van der Waals surface area (Å²) in [5.74, 6) is -0.200. The average molecular weight is 493 g/mol. The van der Waals surface area contributed by atoms with Crippen LogP contribution < -0.4 is 16.0 Å². The number of carbonyl (C=O) groups excluding carboxylic acids is 1. The van der Waals surface area contributed by atoms with Gasteiger partial charge in [0.2, 0.25) is 15.9 Å². The van der Waals surface area contributed by atoms with Gasteiger partial charge in [0.15, 0.2) is 5.16 Å². The Kier molecular flexibility index (Phi) is 6.44. The van der Waals surface area contributed by atoms with Crippen LogP contribution in [-0.2, 0) is 14.8 Å². The monoisotopic (exact) mass is 492 g/mol. The maximum Gasteiger partial charge on any atom is 0.263 e. The number of rotatable bonds is 6. The predicted molar refractivity (Wildman–Crippen MR) is 128 cm³/mol. The van der Waals surface area contributed by atoms with Crippen molar-refractivity contribution in [2.75, 3.05) is 11.1 Å². The molecule has 0 aliphatic heterocycles. The third-order valence-corrected chi connectivity index (χ3v) is 8.67. The van der Waals surface area contributed by atoms with E-state index in [1.54, 1.807) is 4.57 Å². The normalized spacial score (nSPS) is 14.8. The molecule has 0 saturated heterocycles. The number of benzene rings is 1. The molecule has 1 amide bonds. The third kappa shape index (κ3) is 4.61. The first-order valence-corrected chi connectivity index (χ1v) is 13.6. The molecule has 1 aromatic carbocycles. The molecule has 1 saturated carbocycles. The number of aromatic nitrogens is 2. The topological polar surface area (TPSA) is 124 Å². The summed E-state index contributed by atoms with van der Waals surface area (Å²) in [5, 5.41) is 9.08. The summed E-state index contributed by atoms with van der Waals surface area (Å²) in [6, 6.07) is 5.76. The zero-order valence-corrected chi connectivity index (χ0v) is 20.2. The number of thioether (sulfide) groups is 1. The lowest BCUT2D eigenvalue weighted by atomic mass is 10.2. The van der Waals surface area contributed by atoms with Crippen LogP contribution in [0.15, 0.2) is 39.1 Å². The highest BCUT2D eigenvalue weighted by Crippen LogP contribution is 2.34. The van der Waals surface area contributed by atoms with Crippen LogP contribution in [0.5, 0.6) is 0 Å². The number of primary sulfonamides is 1. The summed E-state index contributed by atoms with van der Waals surface area (Å²) in [4.78, 5) is 32.4. The number of nitrogens with zero attached hydrogens (tertiary/aromatic N) is 2. The summed E-state index contributed by atoms with van der Waals surface area (Å²) >= 11 is 2.74. The van der Waals surface area contributed by atoms with Crippen molar-refractivity contribution >= 4 is 54.9 Å². The highest BCUT2D eigenvalue weighted by atomic mass is 32.2. The van der Waals surface area contributed by atoms with Crippen LogP contribution in [0.3, 0.4) is 0 Å². The fourth-order valence-corrected chi connectivity index (χ4v) is 6.38. The van der Waals surface area contributed by atoms with Gasteiger partial charge in [-0.15, -0.1) is 11.3 Å². The minimum atomic E-state index is -3.79. The molecule has 0 atom stereocenters. The van der Waals surface area contributed by atoms with Crippen molar-refractivity contribution in [2.45, 2.75) is 55.6 Å². The van der Waals surface area contributed by atoms with Gasteiger partial charge in [-0.2, -0.15) is 0 Å². The Hall–Kier alpha value is -2.21. The highest BCUT2D eigenvalue weighted by Gasteiger charge is 2.25. The van der Waals surface area contributed by atoms with Crippen molar-refractivity contribution in [1.29, 1.82) is 0 Å². The van der Waals surface area contributed by atoms with Gasteiger partial charge in [-0.3, -0.25) is 14.2 Å². The molecule has 1 fully saturated rings. The first-order chi connectivity index (χ1) is 15.1. The van der Waals surface area contributed by atoms with Crippen LogP contribution in [0.4, 0.5) is 5.69 Å². The number of nitrogens with one attached hydrogen (secondary N) is 1. The second-order valence-corrected chi connectivity index (χ2v) is 11.6. The van der Waals surface area contributed by atoms with Crippen molar-refractivity contribution in [1.82, 2.24) is 9.55 Å². The Morgan fingerprint density at radius 1 is 1.25 bits per heavy atom. The zero-order chi connectivity index (χ0) is 23.0. The van der Waals surface area contributed by atoms with Crippen LogP contribution in [0.1, 0.15) is 42.2 Å². The Morgan fingerprint density at radius 2 is 1.91 bits per heavy atom. The highest BCUT2D eigenvalue weighted by molar-refractivity contribution is 7.99. The van der Waals surface area contributed by atoms with Gasteiger partial charge in [0, 0.05) is 16.6 Å². The SMILES string of the molecule is Cc1sc2nc(SCC(=O)Nc3ccc(S(N)(=O)=O)cc3)n(C3CCCC3)c(=O)c2c1C. The number of aryl methyl sites for hydroxylation is 2. The largest absolute Gasteiger partial charge is 0.325 e. The summed E-state index contributed by atoms with van der Waals surface area (Å²) in [6.07, 6.45) is 4.03. The molecule has 32 heavy (non-hydrogen) atoms. The minimum absolute atomic E-state index is 0.0229. The molecule has 0 spiro atoms. The van der Waals surface area contributed by atoms with E-state index >= 15 is 0 Å². The van der Waals surface area contributed by atoms with E-state index in [-0.39, 0.29) is 28.2 Å². The van der Waals surface area contributed by atoms with Crippen molar-refractivity contribution in [3.63, 3.8) is 0 Å². The molecule has 0 unspecified atom stereocenters. The lowest BCUT2D eigenvalue weighted by molar-refractivity contribution is -0.113. The van der Waals surface area contributed by atoms with Gasteiger partial charge >= 0.3 is 0 Å². The number of hydrogen-bond acceptors (Lipinski definition) is 7. The summed E-state index contributed by atoms with van der Waals surface area (Å²) in [6.45, 7) is 3.94. The van der Waals surface area contributed by atoms with Crippen LogP contribution in [0.2, 0.25) is 0 Å². The number of hydrogen-bond donors (Lipinski definition) is 2. The molecule has 4 rings (SSSR count). The lowest BCUT2D eigenvalue weighted by Gasteiger charge is -2.18. The number of nitrogens with two attached hydrogens (primary N) is 1. The van der Waals surface area contributed by atoms with Crippen molar-refractivity contribution < 1.29 is 13.2 Å². The summed E-state index contributed by atoms with van der Waals surface area (Å²) in [5.41, 5.74) is 1.42. The minimum Gasteiger partial charge on any atom is -0.325 e. The molecule has 170 valence electrons. The fourth-order valence-electron chi connectivity index (χ4n) is 3.93. The Labute approximate surface area is 194 Å². The molecular formula is C21H24N4O4S3. The second-order valence-electron chi connectivity index (χ2n) is 7.88. The number of amides is 1. The van der Waals surface area contributed by atoms with E-state index in [4.69, 9.17) is 10.1 Å². The Balaban J connectivity index is 1.56. The molecule has 3 aromatic rings. The van der Waals surface area contributed by atoms with Gasteiger partial charge in [-0.05, 0) is 56.5 Å². The molecule has 0 bridgehead atoms. The maximum absolute atomic E-state index is 13.4.